The van der Waals surface area contributed by atoms with E-state index in [1.165, 1.54) is 10.5 Å². The molecule has 0 atom stereocenters. The second kappa shape index (κ2) is 7.14. The Bertz CT molecular complexity index is 365. The molecule has 0 radical (unpaired) electrons. The van der Waals surface area contributed by atoms with Crippen molar-refractivity contribution in [1.29, 1.82) is 0 Å². The van der Waals surface area contributed by atoms with E-state index in [4.69, 9.17) is 5.11 Å². The van der Waals surface area contributed by atoms with Crippen molar-refractivity contribution >= 4 is 11.8 Å². The Hall–Kier alpha value is -0.550. The van der Waals surface area contributed by atoms with Gasteiger partial charge in [0.05, 0.1) is 6.61 Å². The molecule has 2 rings (SSSR count). The van der Waals surface area contributed by atoms with Crippen LogP contribution in [0.4, 0.5) is 0 Å². The Balaban J connectivity index is 1.87. The van der Waals surface area contributed by atoms with E-state index in [9.17, 15) is 0 Å². The predicted octanol–water partition coefficient (Wildman–Crippen LogP) is 1.52. The van der Waals surface area contributed by atoms with Crippen LogP contribution in [0.2, 0.25) is 0 Å². The van der Waals surface area contributed by atoms with Gasteiger partial charge >= 0.3 is 0 Å². The number of hydrogen-bond donors (Lipinski definition) is 1. The van der Waals surface area contributed by atoms with Crippen LogP contribution in [0.5, 0.6) is 0 Å². The number of hydrogen-bond acceptors (Lipinski definition) is 4. The van der Waals surface area contributed by atoms with Crippen molar-refractivity contribution in [3.63, 3.8) is 0 Å². The van der Waals surface area contributed by atoms with E-state index in [-0.39, 0.29) is 6.61 Å². The third kappa shape index (κ3) is 3.72. The van der Waals surface area contributed by atoms with Crippen LogP contribution in [0.25, 0.3) is 0 Å². The monoisotopic (exact) mass is 266 g/mol. The largest absolute Gasteiger partial charge is 0.395 e. The molecule has 1 fully saturated rings. The number of β-amino-alcohol motifs (C(OH)–C–C–N with tert-alkyl or cyclic N) is 1. The van der Waals surface area contributed by atoms with E-state index in [1.807, 2.05) is 11.8 Å². The Morgan fingerprint density at radius 3 is 2.44 bits per heavy atom. The van der Waals surface area contributed by atoms with E-state index in [1.54, 1.807) is 0 Å². The van der Waals surface area contributed by atoms with Crippen LogP contribution < -0.4 is 0 Å². The molecule has 0 bridgehead atoms. The Labute approximate surface area is 114 Å². The van der Waals surface area contributed by atoms with E-state index >= 15 is 0 Å². The van der Waals surface area contributed by atoms with Crippen LogP contribution in [-0.4, -0.2) is 60.5 Å². The molecular formula is C14H22N2OS. The Morgan fingerprint density at radius 2 is 1.78 bits per heavy atom. The molecule has 0 saturated carbocycles. The summed E-state index contributed by atoms with van der Waals surface area (Å²) in [6.07, 6.45) is 2.14. The Kier molecular flexibility index (Phi) is 5.50. The lowest BCUT2D eigenvalue weighted by Gasteiger charge is -2.34. The molecular weight excluding hydrogens is 244 g/mol. The van der Waals surface area contributed by atoms with Gasteiger partial charge in [0.2, 0.25) is 0 Å². The molecule has 1 aliphatic heterocycles. The van der Waals surface area contributed by atoms with E-state index in [0.717, 1.165) is 39.3 Å². The van der Waals surface area contributed by atoms with Gasteiger partial charge in [-0.05, 0) is 17.9 Å². The summed E-state index contributed by atoms with van der Waals surface area (Å²) in [7, 11) is 0. The fraction of sp³-hybridized carbons (Fsp3) is 0.571. The zero-order chi connectivity index (χ0) is 12.8. The third-order valence-electron chi connectivity index (χ3n) is 3.47. The van der Waals surface area contributed by atoms with Crippen molar-refractivity contribution in [2.45, 2.75) is 11.4 Å². The minimum atomic E-state index is 0.273. The third-order valence-corrected chi connectivity index (χ3v) is 4.31. The molecule has 18 heavy (non-hydrogen) atoms. The molecule has 100 valence electrons. The van der Waals surface area contributed by atoms with E-state index < -0.39 is 0 Å². The summed E-state index contributed by atoms with van der Waals surface area (Å²) < 4.78 is 0. The zero-order valence-corrected chi connectivity index (χ0v) is 11.8. The van der Waals surface area contributed by atoms with Gasteiger partial charge in [-0.3, -0.25) is 9.80 Å². The predicted molar refractivity (Wildman–Crippen MR) is 77.0 cm³/mol. The van der Waals surface area contributed by atoms with Crippen LogP contribution in [0.3, 0.4) is 0 Å². The summed E-state index contributed by atoms with van der Waals surface area (Å²) in [6.45, 7) is 6.48. The number of aliphatic hydroxyl groups excluding tert-OH is 1. The van der Waals surface area contributed by atoms with Crippen LogP contribution in [0, 0.1) is 0 Å². The topological polar surface area (TPSA) is 26.7 Å². The summed E-state index contributed by atoms with van der Waals surface area (Å²) >= 11 is 1.82. The molecule has 0 amide bonds. The van der Waals surface area contributed by atoms with Crippen molar-refractivity contribution in [2.24, 2.45) is 0 Å². The molecule has 4 heteroatoms. The molecule has 1 aromatic rings. The van der Waals surface area contributed by atoms with Crippen molar-refractivity contribution in [3.05, 3.63) is 29.8 Å². The first-order valence-electron chi connectivity index (χ1n) is 6.51. The molecule has 0 aliphatic carbocycles. The average molecular weight is 266 g/mol. The first kappa shape index (κ1) is 13.9. The molecule has 1 aliphatic rings. The van der Waals surface area contributed by atoms with Crippen molar-refractivity contribution < 1.29 is 5.11 Å². The van der Waals surface area contributed by atoms with Gasteiger partial charge in [0.15, 0.2) is 0 Å². The smallest absolute Gasteiger partial charge is 0.0558 e. The van der Waals surface area contributed by atoms with Crippen LogP contribution in [0.15, 0.2) is 29.2 Å². The van der Waals surface area contributed by atoms with Gasteiger partial charge in [-0.2, -0.15) is 0 Å². The maximum Gasteiger partial charge on any atom is 0.0558 e. The minimum absolute atomic E-state index is 0.273. The first-order chi connectivity index (χ1) is 8.83. The molecule has 0 aromatic heterocycles. The maximum atomic E-state index is 8.93. The second-order valence-electron chi connectivity index (χ2n) is 4.65. The van der Waals surface area contributed by atoms with Gasteiger partial charge in [0.25, 0.3) is 0 Å². The highest BCUT2D eigenvalue weighted by Gasteiger charge is 2.16. The van der Waals surface area contributed by atoms with Crippen molar-refractivity contribution in [1.82, 2.24) is 9.80 Å². The number of rotatable bonds is 5. The van der Waals surface area contributed by atoms with Gasteiger partial charge in [0.1, 0.15) is 0 Å². The minimum Gasteiger partial charge on any atom is -0.395 e. The van der Waals surface area contributed by atoms with Crippen LogP contribution >= 0.6 is 11.8 Å². The number of aliphatic hydroxyl groups is 1. The first-order valence-corrected chi connectivity index (χ1v) is 7.73. The highest BCUT2D eigenvalue weighted by atomic mass is 32.2. The van der Waals surface area contributed by atoms with Crippen LogP contribution in [-0.2, 0) is 6.54 Å². The number of piperazine rings is 1. The fourth-order valence-corrected chi connectivity index (χ4v) is 3.00. The molecule has 1 N–H and O–H groups in total. The van der Waals surface area contributed by atoms with E-state index in [2.05, 4.69) is 40.3 Å². The molecule has 0 unspecified atom stereocenters. The molecule has 0 spiro atoms. The quantitative estimate of drug-likeness (QED) is 0.818. The SMILES string of the molecule is CSc1ccccc1CN1CCN(CCO)CC1. The highest BCUT2D eigenvalue weighted by Crippen LogP contribution is 2.21. The molecule has 3 nitrogen and oxygen atoms in total. The lowest BCUT2D eigenvalue weighted by atomic mass is 10.2. The molecule has 1 saturated heterocycles. The van der Waals surface area contributed by atoms with Gasteiger partial charge in [-0.1, -0.05) is 18.2 Å². The maximum absolute atomic E-state index is 8.93. The van der Waals surface area contributed by atoms with Gasteiger partial charge in [-0.15, -0.1) is 11.8 Å². The summed E-state index contributed by atoms with van der Waals surface area (Å²) in [4.78, 5) is 6.22. The summed E-state index contributed by atoms with van der Waals surface area (Å²) in [5, 5.41) is 8.93. The van der Waals surface area contributed by atoms with E-state index in [0.29, 0.717) is 0 Å². The average Bonchev–Trinajstić information content (AvgIpc) is 2.42. The van der Waals surface area contributed by atoms with Crippen molar-refractivity contribution in [2.75, 3.05) is 45.6 Å². The van der Waals surface area contributed by atoms with Gasteiger partial charge < -0.3 is 5.11 Å². The summed E-state index contributed by atoms with van der Waals surface area (Å²) in [5.41, 5.74) is 1.43. The molecule has 1 aromatic carbocycles. The van der Waals surface area contributed by atoms with Crippen molar-refractivity contribution in [3.8, 4) is 0 Å². The molecule has 1 heterocycles. The standard InChI is InChI=1S/C14H22N2OS/c1-18-14-5-3-2-4-13(14)12-16-8-6-15(7-9-16)10-11-17/h2-5,17H,6-12H2,1H3. The normalized spacial score (nSPS) is 18.1. The lowest BCUT2D eigenvalue weighted by molar-refractivity contribution is 0.108. The summed E-state index contributed by atoms with van der Waals surface area (Å²) in [5.74, 6) is 0. The number of benzene rings is 1. The summed E-state index contributed by atoms with van der Waals surface area (Å²) in [6, 6.07) is 8.65. The highest BCUT2D eigenvalue weighted by molar-refractivity contribution is 7.98. The van der Waals surface area contributed by atoms with Gasteiger partial charge in [0, 0.05) is 44.2 Å². The van der Waals surface area contributed by atoms with Crippen LogP contribution in [0.1, 0.15) is 5.56 Å². The number of thioether (sulfide) groups is 1. The zero-order valence-electron chi connectivity index (χ0n) is 11.0. The second-order valence-corrected chi connectivity index (χ2v) is 5.50. The number of nitrogens with zero attached hydrogens (tertiary/aromatic N) is 2. The lowest BCUT2D eigenvalue weighted by Crippen LogP contribution is -2.46. The Morgan fingerprint density at radius 1 is 1.11 bits per heavy atom. The van der Waals surface area contributed by atoms with Gasteiger partial charge in [-0.25, -0.2) is 0 Å². The fourth-order valence-electron chi connectivity index (χ4n) is 2.39.